The first kappa shape index (κ1) is 15.4. The van der Waals surface area contributed by atoms with Gasteiger partial charge in [0, 0.05) is 13.1 Å². The van der Waals surface area contributed by atoms with Gasteiger partial charge in [0.15, 0.2) is 0 Å². The number of rotatable bonds is 7. The van der Waals surface area contributed by atoms with Crippen LogP contribution in [0.1, 0.15) is 29.5 Å². The second-order valence-corrected chi connectivity index (χ2v) is 5.86. The fraction of sp³-hybridized carbons (Fsp3) is 0.400. The monoisotopic (exact) mass is 305 g/mol. The maximum absolute atomic E-state index is 10.9. The molecule has 0 amide bonds. The van der Waals surface area contributed by atoms with E-state index in [1.807, 2.05) is 24.0 Å². The second-order valence-electron chi connectivity index (χ2n) is 4.82. The van der Waals surface area contributed by atoms with Gasteiger partial charge in [-0.2, -0.15) is 0 Å². The Morgan fingerprint density at radius 3 is 2.71 bits per heavy atom. The van der Waals surface area contributed by atoms with Gasteiger partial charge < -0.3 is 10.0 Å². The minimum Gasteiger partial charge on any atom is -0.481 e. The Kier molecular flexibility index (Phi) is 5.27. The van der Waals surface area contributed by atoms with Crippen LogP contribution < -0.4 is 4.90 Å². The van der Waals surface area contributed by atoms with Crippen LogP contribution in [-0.4, -0.2) is 27.8 Å². The van der Waals surface area contributed by atoms with Crippen LogP contribution in [-0.2, 0) is 17.8 Å². The van der Waals surface area contributed by atoms with Crippen LogP contribution in [0.25, 0.3) is 0 Å². The molecular weight excluding hydrogens is 286 g/mol. The summed E-state index contributed by atoms with van der Waals surface area (Å²) in [4.78, 5) is 12.8. The third-order valence-electron chi connectivity index (χ3n) is 3.25. The Hall–Kier alpha value is -1.95. The maximum Gasteiger partial charge on any atom is 0.305 e. The zero-order chi connectivity index (χ0) is 15.2. The molecule has 0 spiro atoms. The maximum atomic E-state index is 10.9. The van der Waals surface area contributed by atoms with E-state index in [0.29, 0.717) is 13.1 Å². The lowest BCUT2D eigenvalue weighted by atomic mass is 10.1. The number of aliphatic carboxylic acids is 1. The topological polar surface area (TPSA) is 66.3 Å². The third kappa shape index (κ3) is 4.26. The van der Waals surface area contributed by atoms with Crippen LogP contribution in [0.3, 0.4) is 0 Å². The summed E-state index contributed by atoms with van der Waals surface area (Å²) in [7, 11) is 0. The Balaban J connectivity index is 2.19. The van der Waals surface area contributed by atoms with E-state index in [0.717, 1.165) is 16.6 Å². The van der Waals surface area contributed by atoms with Crippen LogP contribution >= 0.6 is 11.3 Å². The molecule has 0 aliphatic heterocycles. The molecule has 21 heavy (non-hydrogen) atoms. The summed E-state index contributed by atoms with van der Waals surface area (Å²) in [5.74, 6) is -0.801. The van der Waals surface area contributed by atoms with Gasteiger partial charge >= 0.3 is 5.97 Å². The van der Waals surface area contributed by atoms with Crippen LogP contribution in [0.15, 0.2) is 24.3 Å². The lowest BCUT2D eigenvalue weighted by molar-refractivity contribution is -0.136. The number of hydrogen-bond acceptors (Lipinski definition) is 5. The van der Waals surface area contributed by atoms with E-state index >= 15 is 0 Å². The highest BCUT2D eigenvalue weighted by Gasteiger charge is 2.15. The quantitative estimate of drug-likeness (QED) is 0.852. The van der Waals surface area contributed by atoms with Crippen molar-refractivity contribution in [3.05, 3.63) is 40.4 Å². The van der Waals surface area contributed by atoms with Crippen molar-refractivity contribution in [1.82, 2.24) is 10.2 Å². The molecule has 2 aromatic rings. The molecule has 0 saturated carbocycles. The van der Waals surface area contributed by atoms with Crippen molar-refractivity contribution < 1.29 is 9.90 Å². The van der Waals surface area contributed by atoms with E-state index in [4.69, 9.17) is 5.11 Å². The smallest absolute Gasteiger partial charge is 0.305 e. The molecule has 0 atom stereocenters. The third-order valence-corrected chi connectivity index (χ3v) is 4.38. The first-order chi connectivity index (χ1) is 10.1. The lowest BCUT2D eigenvalue weighted by Gasteiger charge is -2.21. The van der Waals surface area contributed by atoms with Gasteiger partial charge in [0.1, 0.15) is 5.01 Å². The summed E-state index contributed by atoms with van der Waals surface area (Å²) in [6.45, 7) is 5.18. The number of benzene rings is 1. The number of nitrogens with zero attached hydrogens (tertiary/aromatic N) is 3. The fourth-order valence-corrected chi connectivity index (χ4v) is 2.78. The number of carbonyl (C=O) groups is 1. The molecule has 0 bridgehead atoms. The van der Waals surface area contributed by atoms with Gasteiger partial charge in [0.2, 0.25) is 5.13 Å². The van der Waals surface area contributed by atoms with Gasteiger partial charge in [-0.3, -0.25) is 4.79 Å². The molecule has 1 N–H and O–H groups in total. The summed E-state index contributed by atoms with van der Waals surface area (Å²) in [5.41, 5.74) is 2.37. The SMILES string of the molecule is CCc1nnc(N(CCC(=O)O)Cc2ccccc2C)s1. The van der Waals surface area contributed by atoms with E-state index in [9.17, 15) is 4.79 Å². The molecule has 0 fully saturated rings. The lowest BCUT2D eigenvalue weighted by Crippen LogP contribution is -2.26. The van der Waals surface area contributed by atoms with E-state index in [2.05, 4.69) is 29.3 Å². The molecule has 112 valence electrons. The van der Waals surface area contributed by atoms with E-state index in [1.54, 1.807) is 0 Å². The minimum absolute atomic E-state index is 0.0902. The van der Waals surface area contributed by atoms with Gasteiger partial charge in [-0.1, -0.05) is 42.5 Å². The molecule has 2 rings (SSSR count). The number of carboxylic acid groups (broad SMARTS) is 1. The summed E-state index contributed by atoms with van der Waals surface area (Å²) in [6, 6.07) is 8.11. The first-order valence-electron chi connectivity index (χ1n) is 6.93. The number of hydrogen-bond donors (Lipinski definition) is 1. The standard InChI is InChI=1S/C15H19N3O2S/c1-3-13-16-17-15(21-13)18(9-8-14(19)20)10-12-7-5-4-6-11(12)2/h4-7H,3,8-10H2,1-2H3,(H,19,20). The molecule has 6 heteroatoms. The molecule has 1 heterocycles. The van der Waals surface area contributed by atoms with Crippen molar-refractivity contribution in [3.63, 3.8) is 0 Å². The Labute approximate surface area is 128 Å². The second kappa shape index (κ2) is 7.17. The average molecular weight is 305 g/mol. The Morgan fingerprint density at radius 2 is 2.10 bits per heavy atom. The normalized spacial score (nSPS) is 10.6. The van der Waals surface area contributed by atoms with Crippen molar-refractivity contribution in [3.8, 4) is 0 Å². The molecule has 5 nitrogen and oxygen atoms in total. The Bertz CT molecular complexity index is 612. The summed E-state index contributed by atoms with van der Waals surface area (Å²) >= 11 is 1.53. The highest BCUT2D eigenvalue weighted by atomic mass is 32.1. The van der Waals surface area contributed by atoms with Gasteiger partial charge in [-0.15, -0.1) is 10.2 Å². The van der Waals surface area contributed by atoms with E-state index in [1.165, 1.54) is 22.5 Å². The van der Waals surface area contributed by atoms with Crippen molar-refractivity contribution in [2.45, 2.75) is 33.2 Å². The highest BCUT2D eigenvalue weighted by molar-refractivity contribution is 7.15. The van der Waals surface area contributed by atoms with Crippen molar-refractivity contribution >= 4 is 22.4 Å². The minimum atomic E-state index is -0.801. The van der Waals surface area contributed by atoms with Crippen LogP contribution in [0.2, 0.25) is 0 Å². The number of aryl methyl sites for hydroxylation is 2. The van der Waals surface area contributed by atoms with Gasteiger partial charge in [0.05, 0.1) is 6.42 Å². The van der Waals surface area contributed by atoms with Crippen LogP contribution in [0, 0.1) is 6.92 Å². The Morgan fingerprint density at radius 1 is 1.33 bits per heavy atom. The van der Waals surface area contributed by atoms with Gasteiger partial charge in [-0.25, -0.2) is 0 Å². The molecular formula is C15H19N3O2S. The summed E-state index contributed by atoms with van der Waals surface area (Å²) in [6.07, 6.45) is 0.932. The fourth-order valence-electron chi connectivity index (χ4n) is 1.98. The summed E-state index contributed by atoms with van der Waals surface area (Å²) < 4.78 is 0. The van der Waals surface area contributed by atoms with E-state index in [-0.39, 0.29) is 6.42 Å². The predicted molar refractivity (Wildman–Crippen MR) is 83.8 cm³/mol. The molecule has 0 saturated heterocycles. The molecule has 0 unspecified atom stereocenters. The zero-order valence-electron chi connectivity index (χ0n) is 12.2. The van der Waals surface area contributed by atoms with Crippen molar-refractivity contribution in [2.75, 3.05) is 11.4 Å². The predicted octanol–water partition coefficient (Wildman–Crippen LogP) is 2.89. The number of anilines is 1. The largest absolute Gasteiger partial charge is 0.481 e. The summed E-state index contributed by atoms with van der Waals surface area (Å²) in [5, 5.41) is 19.0. The van der Waals surface area contributed by atoms with Crippen molar-refractivity contribution in [1.29, 1.82) is 0 Å². The molecule has 1 aromatic carbocycles. The number of aromatic nitrogens is 2. The zero-order valence-corrected chi connectivity index (χ0v) is 13.1. The molecule has 0 radical (unpaired) electrons. The molecule has 0 aliphatic rings. The van der Waals surface area contributed by atoms with E-state index < -0.39 is 5.97 Å². The van der Waals surface area contributed by atoms with Gasteiger partial charge in [0.25, 0.3) is 0 Å². The first-order valence-corrected chi connectivity index (χ1v) is 7.75. The average Bonchev–Trinajstić information content (AvgIpc) is 2.94. The van der Waals surface area contributed by atoms with Crippen LogP contribution in [0.5, 0.6) is 0 Å². The van der Waals surface area contributed by atoms with Crippen LogP contribution in [0.4, 0.5) is 5.13 Å². The number of carboxylic acids is 1. The van der Waals surface area contributed by atoms with Crippen molar-refractivity contribution in [2.24, 2.45) is 0 Å². The molecule has 1 aromatic heterocycles. The highest BCUT2D eigenvalue weighted by Crippen LogP contribution is 2.23. The molecule has 0 aliphatic carbocycles. The van der Waals surface area contributed by atoms with Gasteiger partial charge in [-0.05, 0) is 24.5 Å².